The van der Waals surface area contributed by atoms with Crippen LogP contribution >= 0.6 is 0 Å². The molecular formula is C15H13NO6S. The molecule has 0 radical (unpaired) electrons. The van der Waals surface area contributed by atoms with E-state index in [1.807, 2.05) is 0 Å². The van der Waals surface area contributed by atoms with Crippen molar-refractivity contribution in [3.8, 4) is 5.75 Å². The predicted molar refractivity (Wildman–Crippen MR) is 82.1 cm³/mol. The smallest absolute Gasteiger partial charge is 0.339 e. The number of nitro groups is 1. The summed E-state index contributed by atoms with van der Waals surface area (Å²) in [7, 11) is -4.22. The van der Waals surface area contributed by atoms with E-state index in [-0.39, 0.29) is 27.7 Å². The number of carbonyl (C=O) groups excluding carboxylic acids is 1. The Labute approximate surface area is 132 Å². The minimum atomic E-state index is -4.22. The van der Waals surface area contributed by atoms with E-state index in [2.05, 4.69) is 0 Å². The molecule has 2 rings (SSSR count). The predicted octanol–water partition coefficient (Wildman–Crippen LogP) is 2.87. The van der Waals surface area contributed by atoms with Crippen molar-refractivity contribution in [3.05, 3.63) is 63.7 Å². The van der Waals surface area contributed by atoms with E-state index < -0.39 is 15.0 Å². The van der Waals surface area contributed by atoms with Gasteiger partial charge in [-0.1, -0.05) is 6.07 Å². The molecule has 0 saturated carbocycles. The van der Waals surface area contributed by atoms with Crippen LogP contribution in [0.1, 0.15) is 22.8 Å². The highest BCUT2D eigenvalue weighted by molar-refractivity contribution is 7.87. The summed E-state index contributed by atoms with van der Waals surface area (Å²) in [5.74, 6) is -0.144. The van der Waals surface area contributed by atoms with Crippen LogP contribution in [-0.4, -0.2) is 19.1 Å². The van der Waals surface area contributed by atoms with E-state index in [0.717, 1.165) is 0 Å². The minimum absolute atomic E-state index is 0.00199. The maximum Gasteiger partial charge on any atom is 0.339 e. The third-order valence-corrected chi connectivity index (χ3v) is 4.58. The SMILES string of the molecule is CC(=O)c1ccc(OS(=O)(=O)c2cccc([N+](=O)[O-])c2C)cc1. The molecular weight excluding hydrogens is 322 g/mol. The van der Waals surface area contributed by atoms with E-state index in [0.29, 0.717) is 5.56 Å². The summed E-state index contributed by atoms with van der Waals surface area (Å²) in [4.78, 5) is 21.2. The van der Waals surface area contributed by atoms with Crippen LogP contribution in [0.15, 0.2) is 47.4 Å². The Hall–Kier alpha value is -2.74. The highest BCUT2D eigenvalue weighted by atomic mass is 32.2. The zero-order valence-corrected chi connectivity index (χ0v) is 13.2. The van der Waals surface area contributed by atoms with Gasteiger partial charge < -0.3 is 4.18 Å². The van der Waals surface area contributed by atoms with E-state index in [1.54, 1.807) is 0 Å². The number of hydrogen-bond acceptors (Lipinski definition) is 6. The maximum absolute atomic E-state index is 12.3. The van der Waals surface area contributed by atoms with Crippen molar-refractivity contribution in [2.24, 2.45) is 0 Å². The number of nitro benzene ring substituents is 1. The fraction of sp³-hybridized carbons (Fsp3) is 0.133. The van der Waals surface area contributed by atoms with Crippen molar-refractivity contribution in [2.45, 2.75) is 18.7 Å². The lowest BCUT2D eigenvalue weighted by Crippen LogP contribution is -2.12. The first kappa shape index (κ1) is 16.6. The van der Waals surface area contributed by atoms with Gasteiger partial charge in [-0.3, -0.25) is 14.9 Å². The van der Waals surface area contributed by atoms with Gasteiger partial charge in [0.05, 0.1) is 4.92 Å². The van der Waals surface area contributed by atoms with Crippen molar-refractivity contribution in [1.29, 1.82) is 0 Å². The van der Waals surface area contributed by atoms with Gasteiger partial charge in [-0.2, -0.15) is 8.42 Å². The Bertz CT molecular complexity index is 871. The highest BCUT2D eigenvalue weighted by Crippen LogP contribution is 2.27. The Kier molecular flexibility index (Phi) is 4.46. The van der Waals surface area contributed by atoms with Crippen molar-refractivity contribution in [1.82, 2.24) is 0 Å². The summed E-state index contributed by atoms with van der Waals surface area (Å²) >= 11 is 0. The number of nitrogens with zero attached hydrogens (tertiary/aromatic N) is 1. The molecule has 2 aromatic carbocycles. The van der Waals surface area contributed by atoms with E-state index in [9.17, 15) is 23.3 Å². The molecule has 0 aliphatic heterocycles. The molecule has 0 N–H and O–H groups in total. The Morgan fingerprint density at radius 1 is 1.13 bits per heavy atom. The largest absolute Gasteiger partial charge is 0.379 e. The first-order valence-corrected chi connectivity index (χ1v) is 7.92. The molecule has 0 fully saturated rings. The second kappa shape index (κ2) is 6.17. The van der Waals surface area contributed by atoms with Crippen molar-refractivity contribution >= 4 is 21.6 Å². The first-order chi connectivity index (χ1) is 10.7. The molecule has 7 nitrogen and oxygen atoms in total. The molecule has 120 valence electrons. The molecule has 0 bridgehead atoms. The molecule has 0 aromatic heterocycles. The van der Waals surface area contributed by atoms with E-state index in [4.69, 9.17) is 4.18 Å². The fourth-order valence-electron chi connectivity index (χ4n) is 1.99. The molecule has 0 amide bonds. The van der Waals surface area contributed by atoms with Crippen LogP contribution in [0.3, 0.4) is 0 Å². The molecule has 0 atom stereocenters. The topological polar surface area (TPSA) is 104 Å². The lowest BCUT2D eigenvalue weighted by atomic mass is 10.1. The number of Topliss-reactive ketones (excluding diaryl/α,β-unsaturated/α-hetero) is 1. The average Bonchev–Trinajstić information content (AvgIpc) is 2.47. The van der Waals surface area contributed by atoms with Crippen LogP contribution in [0, 0.1) is 17.0 Å². The Morgan fingerprint density at radius 3 is 2.26 bits per heavy atom. The van der Waals surface area contributed by atoms with Crippen LogP contribution in [0.4, 0.5) is 5.69 Å². The lowest BCUT2D eigenvalue weighted by molar-refractivity contribution is -0.385. The minimum Gasteiger partial charge on any atom is -0.379 e. The van der Waals surface area contributed by atoms with Gasteiger partial charge in [0.2, 0.25) is 0 Å². The monoisotopic (exact) mass is 335 g/mol. The molecule has 0 aliphatic carbocycles. The van der Waals surface area contributed by atoms with Crippen molar-refractivity contribution in [2.75, 3.05) is 0 Å². The second-order valence-electron chi connectivity index (χ2n) is 4.78. The molecule has 0 unspecified atom stereocenters. The molecule has 2 aromatic rings. The molecule has 0 saturated heterocycles. The number of ketones is 1. The van der Waals surface area contributed by atoms with Gasteiger partial charge in [-0.05, 0) is 44.2 Å². The van der Waals surface area contributed by atoms with E-state index >= 15 is 0 Å². The molecule has 8 heteroatoms. The third kappa shape index (κ3) is 3.54. The van der Waals surface area contributed by atoms with Crippen LogP contribution in [-0.2, 0) is 10.1 Å². The van der Waals surface area contributed by atoms with Crippen LogP contribution in [0.5, 0.6) is 5.75 Å². The number of hydrogen-bond donors (Lipinski definition) is 0. The summed E-state index contributed by atoms with van der Waals surface area (Å²) in [6, 6.07) is 9.31. The molecule has 0 aliphatic rings. The number of carbonyl (C=O) groups is 1. The number of benzene rings is 2. The molecule has 0 spiro atoms. The summed E-state index contributed by atoms with van der Waals surface area (Å²) in [6.45, 7) is 2.73. The maximum atomic E-state index is 12.3. The quantitative estimate of drug-likeness (QED) is 0.360. The van der Waals surface area contributed by atoms with Gasteiger partial charge in [0.25, 0.3) is 5.69 Å². The molecule has 23 heavy (non-hydrogen) atoms. The van der Waals surface area contributed by atoms with Gasteiger partial charge in [-0.15, -0.1) is 0 Å². The first-order valence-electron chi connectivity index (χ1n) is 6.52. The van der Waals surface area contributed by atoms with E-state index in [1.165, 1.54) is 56.3 Å². The summed E-state index contributed by atoms with van der Waals surface area (Å²) in [6.07, 6.45) is 0. The molecule has 0 heterocycles. The van der Waals surface area contributed by atoms with Gasteiger partial charge in [-0.25, -0.2) is 0 Å². The van der Waals surface area contributed by atoms with Crippen LogP contribution < -0.4 is 4.18 Å². The van der Waals surface area contributed by atoms with Crippen molar-refractivity contribution < 1.29 is 22.3 Å². The second-order valence-corrected chi connectivity index (χ2v) is 6.29. The van der Waals surface area contributed by atoms with Gasteiger partial charge in [0.15, 0.2) is 5.78 Å². The fourth-order valence-corrected chi connectivity index (χ4v) is 3.17. The summed E-state index contributed by atoms with van der Waals surface area (Å²) < 4.78 is 29.6. The average molecular weight is 335 g/mol. The zero-order valence-electron chi connectivity index (χ0n) is 12.3. The van der Waals surface area contributed by atoms with Crippen LogP contribution in [0.25, 0.3) is 0 Å². The summed E-state index contributed by atoms with van der Waals surface area (Å²) in [5.41, 5.74) is 0.112. The van der Waals surface area contributed by atoms with Gasteiger partial charge in [0, 0.05) is 17.2 Å². The standard InChI is InChI=1S/C15H13NO6S/c1-10-14(16(18)19)4-3-5-15(10)23(20,21)22-13-8-6-12(7-9-13)11(2)17/h3-9H,1-2H3. The van der Waals surface area contributed by atoms with Crippen molar-refractivity contribution in [3.63, 3.8) is 0 Å². The van der Waals surface area contributed by atoms with Gasteiger partial charge >= 0.3 is 10.1 Å². The third-order valence-electron chi connectivity index (χ3n) is 3.19. The normalized spacial score (nSPS) is 11.0. The Morgan fingerprint density at radius 2 is 1.74 bits per heavy atom. The lowest BCUT2D eigenvalue weighted by Gasteiger charge is -2.09. The van der Waals surface area contributed by atoms with Gasteiger partial charge in [0.1, 0.15) is 10.6 Å². The summed E-state index contributed by atoms with van der Waals surface area (Å²) in [5, 5.41) is 10.9. The Balaban J connectivity index is 2.38. The highest BCUT2D eigenvalue weighted by Gasteiger charge is 2.24. The van der Waals surface area contributed by atoms with Crippen LogP contribution in [0.2, 0.25) is 0 Å². The zero-order chi connectivity index (χ0) is 17.2. The number of rotatable bonds is 5.